The van der Waals surface area contributed by atoms with E-state index in [1.807, 2.05) is 18.3 Å². The van der Waals surface area contributed by atoms with Crippen molar-refractivity contribution in [3.05, 3.63) is 76.2 Å². The molecule has 7 heteroatoms. The molecular formula is C28H37ClN6. The minimum atomic E-state index is 0.848. The van der Waals surface area contributed by atoms with E-state index in [-0.39, 0.29) is 0 Å². The predicted molar refractivity (Wildman–Crippen MR) is 146 cm³/mol. The van der Waals surface area contributed by atoms with Gasteiger partial charge in [-0.3, -0.25) is 9.80 Å². The number of pyridine rings is 1. The summed E-state index contributed by atoms with van der Waals surface area (Å²) in [5.41, 5.74) is 6.68. The zero-order valence-electron chi connectivity index (χ0n) is 21.3. The summed E-state index contributed by atoms with van der Waals surface area (Å²) in [7, 11) is 2.22. The summed E-state index contributed by atoms with van der Waals surface area (Å²) in [6, 6.07) is 14.9. The Labute approximate surface area is 214 Å². The second kappa shape index (κ2) is 10.6. The van der Waals surface area contributed by atoms with E-state index in [2.05, 4.69) is 80.4 Å². The Hall–Kier alpha value is -2.54. The number of aryl methyl sites for hydroxylation is 1. The molecule has 186 valence electrons. The minimum absolute atomic E-state index is 0.848. The Bertz CT molecular complexity index is 1140. The molecule has 0 amide bonds. The van der Waals surface area contributed by atoms with Gasteiger partial charge in [-0.15, -0.1) is 0 Å². The molecule has 0 atom stereocenters. The van der Waals surface area contributed by atoms with Crippen LogP contribution in [0.3, 0.4) is 0 Å². The summed E-state index contributed by atoms with van der Waals surface area (Å²) >= 11 is 6.42. The molecule has 5 rings (SSSR count). The zero-order chi connectivity index (χ0) is 24.4. The summed E-state index contributed by atoms with van der Waals surface area (Å²) in [6.07, 6.45) is 1.92. The van der Waals surface area contributed by atoms with Gasteiger partial charge in [-0.25, -0.2) is 4.98 Å². The smallest absolute Gasteiger partial charge is 0.128 e. The number of aromatic nitrogens is 2. The lowest BCUT2D eigenvalue weighted by Gasteiger charge is -2.36. The van der Waals surface area contributed by atoms with E-state index in [0.717, 1.165) is 82.0 Å². The fourth-order valence-electron chi connectivity index (χ4n) is 5.30. The summed E-state index contributed by atoms with van der Waals surface area (Å²) < 4.78 is 2.39. The molecule has 3 aromatic rings. The zero-order valence-corrected chi connectivity index (χ0v) is 22.0. The summed E-state index contributed by atoms with van der Waals surface area (Å²) in [6.45, 7) is 14.8. The number of hydrogen-bond acceptors (Lipinski definition) is 5. The van der Waals surface area contributed by atoms with Crippen LogP contribution in [0.4, 0.5) is 11.5 Å². The molecule has 2 aliphatic heterocycles. The van der Waals surface area contributed by atoms with Gasteiger partial charge >= 0.3 is 0 Å². The standard InChI is InChI=1S/C28H37ClN6/c1-22-8-9-30-28(18-22)35-16-12-33(13-17-35)21-25-19-24(23(2)31(25)3)20-32-10-14-34(15-11-32)27-7-5-4-6-26(27)29/h4-9,18-19H,10-17,20-21H2,1-3H3. The first-order chi connectivity index (χ1) is 17.0. The lowest BCUT2D eigenvalue weighted by Crippen LogP contribution is -2.46. The molecule has 0 saturated carbocycles. The van der Waals surface area contributed by atoms with Crippen molar-refractivity contribution in [2.75, 3.05) is 62.2 Å². The average molecular weight is 493 g/mol. The van der Waals surface area contributed by atoms with E-state index >= 15 is 0 Å². The molecule has 6 nitrogen and oxygen atoms in total. The first-order valence-electron chi connectivity index (χ1n) is 12.7. The number of piperazine rings is 2. The van der Waals surface area contributed by atoms with Gasteiger partial charge < -0.3 is 14.4 Å². The molecule has 0 radical (unpaired) electrons. The van der Waals surface area contributed by atoms with Crippen molar-refractivity contribution in [2.24, 2.45) is 7.05 Å². The number of benzene rings is 1. The molecule has 2 aliphatic rings. The second-order valence-corrected chi connectivity index (χ2v) is 10.4. The van der Waals surface area contributed by atoms with E-state index in [4.69, 9.17) is 11.6 Å². The first-order valence-corrected chi connectivity index (χ1v) is 13.1. The van der Waals surface area contributed by atoms with Crippen LogP contribution in [0.1, 0.15) is 22.5 Å². The maximum atomic E-state index is 6.42. The average Bonchev–Trinajstić information content (AvgIpc) is 3.13. The largest absolute Gasteiger partial charge is 0.368 e. The fourth-order valence-corrected chi connectivity index (χ4v) is 5.55. The summed E-state index contributed by atoms with van der Waals surface area (Å²) in [5.74, 6) is 1.11. The number of rotatable bonds is 6. The topological polar surface area (TPSA) is 30.8 Å². The Morgan fingerprint density at radius 2 is 1.46 bits per heavy atom. The lowest BCUT2D eigenvalue weighted by molar-refractivity contribution is 0.244. The molecule has 0 aliphatic carbocycles. The normalized spacial score (nSPS) is 17.8. The fraction of sp³-hybridized carbons (Fsp3) is 0.464. The van der Waals surface area contributed by atoms with Crippen LogP contribution in [0.25, 0.3) is 0 Å². The van der Waals surface area contributed by atoms with Crippen LogP contribution in [-0.2, 0) is 20.1 Å². The van der Waals surface area contributed by atoms with E-state index < -0.39 is 0 Å². The Kier molecular flexibility index (Phi) is 7.32. The molecular weight excluding hydrogens is 456 g/mol. The van der Waals surface area contributed by atoms with Crippen LogP contribution < -0.4 is 9.80 Å². The highest BCUT2D eigenvalue weighted by molar-refractivity contribution is 6.33. The highest BCUT2D eigenvalue weighted by atomic mass is 35.5. The number of hydrogen-bond donors (Lipinski definition) is 0. The molecule has 2 fully saturated rings. The molecule has 0 unspecified atom stereocenters. The third-order valence-corrected chi connectivity index (χ3v) is 8.00. The summed E-state index contributed by atoms with van der Waals surface area (Å²) in [4.78, 5) is 14.5. The number of halogens is 1. The van der Waals surface area contributed by atoms with Crippen LogP contribution in [0, 0.1) is 13.8 Å². The predicted octanol–water partition coefficient (Wildman–Crippen LogP) is 4.33. The third-order valence-electron chi connectivity index (χ3n) is 7.68. The van der Waals surface area contributed by atoms with Crippen LogP contribution >= 0.6 is 11.6 Å². The highest BCUT2D eigenvalue weighted by Gasteiger charge is 2.22. The van der Waals surface area contributed by atoms with E-state index in [1.54, 1.807) is 0 Å². The van der Waals surface area contributed by atoms with Crippen LogP contribution in [0.15, 0.2) is 48.7 Å². The molecule has 2 saturated heterocycles. The van der Waals surface area contributed by atoms with E-state index in [0.29, 0.717) is 0 Å². The van der Waals surface area contributed by atoms with Crippen molar-refractivity contribution in [1.29, 1.82) is 0 Å². The van der Waals surface area contributed by atoms with Gasteiger partial charge in [0.05, 0.1) is 10.7 Å². The molecule has 0 spiro atoms. The van der Waals surface area contributed by atoms with Crippen LogP contribution in [0.2, 0.25) is 5.02 Å². The van der Waals surface area contributed by atoms with Crippen LogP contribution in [0.5, 0.6) is 0 Å². The van der Waals surface area contributed by atoms with Crippen molar-refractivity contribution in [1.82, 2.24) is 19.4 Å². The van der Waals surface area contributed by atoms with Gasteiger partial charge in [-0.05, 0) is 55.3 Å². The molecule has 35 heavy (non-hydrogen) atoms. The van der Waals surface area contributed by atoms with Gasteiger partial charge in [0.15, 0.2) is 0 Å². The van der Waals surface area contributed by atoms with Gasteiger partial charge in [0, 0.05) is 90.1 Å². The van der Waals surface area contributed by atoms with Gasteiger partial charge in [-0.1, -0.05) is 23.7 Å². The summed E-state index contributed by atoms with van der Waals surface area (Å²) in [5, 5.41) is 0.848. The van der Waals surface area contributed by atoms with Crippen LogP contribution in [-0.4, -0.2) is 71.7 Å². The molecule has 4 heterocycles. The lowest BCUT2D eigenvalue weighted by atomic mass is 10.2. The van der Waals surface area contributed by atoms with Crippen molar-refractivity contribution >= 4 is 23.1 Å². The number of anilines is 2. The number of para-hydroxylation sites is 1. The van der Waals surface area contributed by atoms with Crippen molar-refractivity contribution < 1.29 is 0 Å². The minimum Gasteiger partial charge on any atom is -0.368 e. The van der Waals surface area contributed by atoms with Gasteiger partial charge in [0.25, 0.3) is 0 Å². The monoisotopic (exact) mass is 492 g/mol. The maximum Gasteiger partial charge on any atom is 0.128 e. The van der Waals surface area contributed by atoms with Gasteiger partial charge in [0.1, 0.15) is 5.82 Å². The van der Waals surface area contributed by atoms with E-state index in [1.165, 1.54) is 22.5 Å². The van der Waals surface area contributed by atoms with Gasteiger partial charge in [0.2, 0.25) is 0 Å². The molecule has 2 aromatic heterocycles. The molecule has 0 bridgehead atoms. The second-order valence-electron chi connectivity index (χ2n) is 9.97. The maximum absolute atomic E-state index is 6.42. The van der Waals surface area contributed by atoms with Crippen molar-refractivity contribution in [2.45, 2.75) is 26.9 Å². The van der Waals surface area contributed by atoms with Gasteiger partial charge in [-0.2, -0.15) is 0 Å². The number of nitrogens with zero attached hydrogens (tertiary/aromatic N) is 6. The quantitative estimate of drug-likeness (QED) is 0.511. The molecule has 1 aromatic carbocycles. The van der Waals surface area contributed by atoms with Crippen molar-refractivity contribution in [3.8, 4) is 0 Å². The van der Waals surface area contributed by atoms with E-state index in [9.17, 15) is 0 Å². The Balaban J connectivity index is 1.15. The molecule has 0 N–H and O–H groups in total. The Morgan fingerprint density at radius 1 is 0.800 bits per heavy atom. The Morgan fingerprint density at radius 3 is 2.14 bits per heavy atom. The highest BCUT2D eigenvalue weighted by Crippen LogP contribution is 2.27. The SMILES string of the molecule is Cc1ccnc(N2CCN(Cc3cc(CN4CCN(c5ccccc5Cl)CC4)c(C)n3C)CC2)c1. The third kappa shape index (κ3) is 5.50. The van der Waals surface area contributed by atoms with Crippen molar-refractivity contribution in [3.63, 3.8) is 0 Å². The first kappa shape index (κ1) is 24.2.